The molecule has 1 unspecified atom stereocenters. The van der Waals surface area contributed by atoms with Crippen molar-refractivity contribution in [2.75, 3.05) is 19.0 Å². The van der Waals surface area contributed by atoms with Gasteiger partial charge in [-0.3, -0.25) is 4.79 Å². The third-order valence-corrected chi connectivity index (χ3v) is 5.54. The molecule has 1 heterocycles. The van der Waals surface area contributed by atoms with Crippen molar-refractivity contribution in [1.82, 2.24) is 0 Å². The van der Waals surface area contributed by atoms with Crippen LogP contribution in [0.2, 0.25) is 0 Å². The van der Waals surface area contributed by atoms with E-state index in [0.29, 0.717) is 24.5 Å². The zero-order valence-electron chi connectivity index (χ0n) is 15.9. The summed E-state index contributed by atoms with van der Waals surface area (Å²) in [5.74, 6) is 0.0105. The Morgan fingerprint density at radius 2 is 2.00 bits per heavy atom. The van der Waals surface area contributed by atoms with Crippen molar-refractivity contribution >= 4 is 22.6 Å². The van der Waals surface area contributed by atoms with Gasteiger partial charge in [0, 0.05) is 29.5 Å². The van der Waals surface area contributed by atoms with Gasteiger partial charge in [-0.1, -0.05) is 31.2 Å². The molecule has 0 radical (unpaired) electrons. The van der Waals surface area contributed by atoms with Crippen molar-refractivity contribution in [3.63, 3.8) is 0 Å². The first-order valence-corrected chi connectivity index (χ1v) is 10.0. The first-order valence-electron chi connectivity index (χ1n) is 9.02. The molecule has 1 aliphatic rings. The summed E-state index contributed by atoms with van der Waals surface area (Å²) in [5.41, 5.74) is 3.60. The van der Waals surface area contributed by atoms with E-state index in [4.69, 9.17) is 4.74 Å². The fourth-order valence-electron chi connectivity index (χ4n) is 3.22. The van der Waals surface area contributed by atoms with Gasteiger partial charge in [-0.2, -0.15) is 5.26 Å². The Bertz CT molecular complexity index is 744. The molecule has 0 aromatic heterocycles. The minimum Gasteiger partial charge on any atom is -0.381 e. The monoisotopic (exact) mass is 370 g/mol. The summed E-state index contributed by atoms with van der Waals surface area (Å²) in [6, 6.07) is 10.6. The minimum absolute atomic E-state index is 0.0190. The number of aryl methyl sites for hydroxylation is 1. The van der Waals surface area contributed by atoms with Gasteiger partial charge in [0.15, 0.2) is 5.78 Å². The summed E-state index contributed by atoms with van der Waals surface area (Å²) >= 11 is 1.55. The van der Waals surface area contributed by atoms with Gasteiger partial charge in [0.05, 0.1) is 17.7 Å². The van der Waals surface area contributed by atoms with Gasteiger partial charge in [0.2, 0.25) is 0 Å². The average molecular weight is 371 g/mol. The molecule has 0 saturated carbocycles. The number of nitriles is 1. The molecule has 26 heavy (non-hydrogen) atoms. The van der Waals surface area contributed by atoms with Crippen molar-refractivity contribution in [3.05, 3.63) is 46.7 Å². The largest absolute Gasteiger partial charge is 0.381 e. The molecule has 1 aromatic rings. The molecular formula is C21H26N2O2S. The number of allylic oxidation sites excluding steroid dienone is 2. The normalized spacial score (nSPS) is 19.9. The molecule has 138 valence electrons. The van der Waals surface area contributed by atoms with Crippen molar-refractivity contribution in [3.8, 4) is 6.07 Å². The van der Waals surface area contributed by atoms with Crippen LogP contribution in [-0.4, -0.2) is 29.8 Å². The van der Waals surface area contributed by atoms with E-state index in [2.05, 4.69) is 30.1 Å². The van der Waals surface area contributed by atoms with E-state index >= 15 is 0 Å². The van der Waals surface area contributed by atoms with Crippen LogP contribution >= 0.6 is 11.8 Å². The van der Waals surface area contributed by atoms with E-state index in [9.17, 15) is 10.1 Å². The number of ketones is 1. The second-order valence-electron chi connectivity index (χ2n) is 6.23. The van der Waals surface area contributed by atoms with Gasteiger partial charge in [-0.15, -0.1) is 11.8 Å². The van der Waals surface area contributed by atoms with Crippen LogP contribution in [0.15, 0.2) is 40.5 Å². The average Bonchev–Trinajstić information content (AvgIpc) is 2.64. The predicted octanol–water partition coefficient (Wildman–Crippen LogP) is 4.52. The van der Waals surface area contributed by atoms with Gasteiger partial charge >= 0.3 is 0 Å². The summed E-state index contributed by atoms with van der Waals surface area (Å²) in [6.45, 7) is 8.79. The Balaban J connectivity index is 2.40. The highest BCUT2D eigenvalue weighted by molar-refractivity contribution is 8.14. The molecule has 5 heteroatoms. The van der Waals surface area contributed by atoms with Crippen LogP contribution in [0.25, 0.3) is 0 Å². The van der Waals surface area contributed by atoms with Crippen molar-refractivity contribution < 1.29 is 9.53 Å². The Labute approximate surface area is 160 Å². The zero-order valence-corrected chi connectivity index (χ0v) is 16.7. The summed E-state index contributed by atoms with van der Waals surface area (Å²) in [5, 5.41) is 10.7. The van der Waals surface area contributed by atoms with Crippen molar-refractivity contribution in [2.24, 2.45) is 10.9 Å². The molecule has 1 aliphatic heterocycles. The van der Waals surface area contributed by atoms with Crippen LogP contribution in [0.4, 0.5) is 0 Å². The van der Waals surface area contributed by atoms with E-state index in [1.54, 1.807) is 18.7 Å². The maximum atomic E-state index is 12.3. The third-order valence-electron chi connectivity index (χ3n) is 4.53. The highest BCUT2D eigenvalue weighted by Crippen LogP contribution is 2.41. The van der Waals surface area contributed by atoms with Crippen molar-refractivity contribution in [1.29, 1.82) is 5.26 Å². The summed E-state index contributed by atoms with van der Waals surface area (Å²) in [4.78, 5) is 16.9. The number of ether oxygens (including phenoxy) is 1. The number of carbonyl (C=O) groups is 1. The fraction of sp³-hybridized carbons (Fsp3) is 0.476. The fourth-order valence-corrected chi connectivity index (χ4v) is 4.20. The van der Waals surface area contributed by atoms with Gasteiger partial charge in [0.1, 0.15) is 5.92 Å². The van der Waals surface area contributed by atoms with Crippen LogP contribution in [0.5, 0.6) is 0 Å². The number of aliphatic imine (C=N–C) groups is 1. The van der Waals surface area contributed by atoms with Crippen LogP contribution in [0.3, 0.4) is 0 Å². The number of benzene rings is 1. The standard InChI is InChI=1S/C21H26N2O2S/c1-5-16-7-9-17(10-8-16)20-18(13-22)21(26-12-11-25-6-2)23-14(3)19(20)15(4)24/h7-10,18,20H,5-6,11-12H2,1-4H3/t18?,20-/m0/s1. The number of hydrogen-bond acceptors (Lipinski definition) is 5. The first kappa shape index (κ1) is 20.4. The van der Waals surface area contributed by atoms with E-state index in [0.717, 1.165) is 22.8 Å². The topological polar surface area (TPSA) is 62.4 Å². The predicted molar refractivity (Wildman–Crippen MR) is 107 cm³/mol. The molecule has 2 rings (SSSR count). The maximum absolute atomic E-state index is 12.3. The van der Waals surface area contributed by atoms with Crippen LogP contribution in [0.1, 0.15) is 44.7 Å². The SMILES string of the molecule is CCOCCSC1=NC(C)=C(C(C)=O)[C@@H](c2ccc(CC)cc2)C1C#N. The first-order chi connectivity index (χ1) is 12.5. The number of carbonyl (C=O) groups excluding carboxylic acids is 1. The van der Waals surface area contributed by atoms with Crippen LogP contribution < -0.4 is 0 Å². The Morgan fingerprint density at radius 3 is 2.54 bits per heavy atom. The van der Waals surface area contributed by atoms with Crippen LogP contribution in [-0.2, 0) is 16.0 Å². The smallest absolute Gasteiger partial charge is 0.158 e. The minimum atomic E-state index is -0.447. The Kier molecular flexibility index (Phi) is 7.62. The number of nitrogens with zero attached hydrogens (tertiary/aromatic N) is 2. The molecule has 0 bridgehead atoms. The number of Topliss-reactive ketones (excluding diaryl/α,β-unsaturated/α-hetero) is 1. The number of thioether (sulfide) groups is 1. The Hall–Kier alpha value is -1.90. The highest BCUT2D eigenvalue weighted by atomic mass is 32.2. The molecule has 4 nitrogen and oxygen atoms in total. The summed E-state index contributed by atoms with van der Waals surface area (Å²) in [7, 11) is 0. The van der Waals surface area contributed by atoms with E-state index in [1.807, 2.05) is 26.0 Å². The van der Waals surface area contributed by atoms with Gasteiger partial charge < -0.3 is 4.74 Å². The van der Waals surface area contributed by atoms with Gasteiger partial charge in [-0.25, -0.2) is 4.99 Å². The van der Waals surface area contributed by atoms with Gasteiger partial charge in [0.25, 0.3) is 0 Å². The van der Waals surface area contributed by atoms with Crippen molar-refractivity contribution in [2.45, 2.75) is 40.0 Å². The second kappa shape index (κ2) is 9.70. The quantitative estimate of drug-likeness (QED) is 0.662. The molecular weight excluding hydrogens is 344 g/mol. The highest BCUT2D eigenvalue weighted by Gasteiger charge is 2.37. The lowest BCUT2D eigenvalue weighted by Crippen LogP contribution is -2.28. The molecule has 0 fully saturated rings. The molecule has 0 saturated heterocycles. The van der Waals surface area contributed by atoms with Crippen LogP contribution in [0, 0.1) is 17.2 Å². The number of rotatable bonds is 7. The summed E-state index contributed by atoms with van der Waals surface area (Å²) in [6.07, 6.45) is 0.959. The Morgan fingerprint density at radius 1 is 1.31 bits per heavy atom. The van der Waals surface area contributed by atoms with E-state index in [-0.39, 0.29) is 11.7 Å². The molecule has 0 spiro atoms. The molecule has 0 amide bonds. The molecule has 2 atom stereocenters. The maximum Gasteiger partial charge on any atom is 0.158 e. The lowest BCUT2D eigenvalue weighted by molar-refractivity contribution is -0.114. The van der Waals surface area contributed by atoms with Gasteiger partial charge in [-0.05, 0) is 38.3 Å². The second-order valence-corrected chi connectivity index (χ2v) is 7.35. The molecule has 0 N–H and O–H groups in total. The lowest BCUT2D eigenvalue weighted by atomic mass is 9.77. The zero-order chi connectivity index (χ0) is 19.1. The summed E-state index contributed by atoms with van der Waals surface area (Å²) < 4.78 is 5.39. The molecule has 0 aliphatic carbocycles. The van der Waals surface area contributed by atoms with E-state index < -0.39 is 5.92 Å². The molecule has 1 aromatic carbocycles. The number of hydrogen-bond donors (Lipinski definition) is 0. The third kappa shape index (κ3) is 4.63. The lowest BCUT2D eigenvalue weighted by Gasteiger charge is -2.30. The van der Waals surface area contributed by atoms with E-state index in [1.165, 1.54) is 5.56 Å².